The minimum Gasteiger partial charge on any atom is -0.458 e. The SMILES string of the molecule is C#CN(/C=C(\C)c1ccc(F)nc1)CCCCC[C@@H]1CC(=O)[C@H](C)C[C@](C)(OC)[C@H](OC2O[C@H](C)C[C@H](N(C)C)[C@H]2O)[C@@H](C)C(=O)[C@@H](C)C(=O)O[C@H](CC)[C@@]1(CC)OC(N)=O. The minimum atomic E-state index is -1.50. The Hall–Kier alpha value is -3.94. The number of nitrogens with two attached hydrogens (primary N) is 1. The smallest absolute Gasteiger partial charge is 0.405 e. The van der Waals surface area contributed by atoms with Crippen molar-refractivity contribution in [1.29, 1.82) is 0 Å². The molecule has 2 saturated heterocycles. The lowest BCUT2D eigenvalue weighted by Crippen LogP contribution is -2.59. The van der Waals surface area contributed by atoms with Gasteiger partial charge in [-0.2, -0.15) is 4.39 Å². The third kappa shape index (κ3) is 13.0. The van der Waals surface area contributed by atoms with Crippen molar-refractivity contribution < 1.29 is 52.4 Å². The average Bonchev–Trinajstić information content (AvgIpc) is 3.22. The number of methoxy groups -OCH3 is 1. The molecule has 3 heterocycles. The molecule has 0 radical (unpaired) electrons. The molecule has 12 atom stereocenters. The molecule has 2 fully saturated rings. The first-order valence-corrected chi connectivity index (χ1v) is 21.7. The third-order valence-electron chi connectivity index (χ3n) is 12.9. The topological polar surface area (TPSA) is 180 Å². The Balaban J connectivity index is 2.00. The summed E-state index contributed by atoms with van der Waals surface area (Å²) in [7, 11) is 5.20. The zero-order valence-electron chi connectivity index (χ0n) is 38.1. The molecule has 61 heavy (non-hydrogen) atoms. The quantitative estimate of drug-likeness (QED) is 0.0504. The molecular formula is C46H71FN4O10. The molecule has 2 aliphatic rings. The number of ketones is 2. The van der Waals surface area contributed by atoms with Crippen molar-refractivity contribution in [3.05, 3.63) is 36.0 Å². The second kappa shape index (κ2) is 22.9. The van der Waals surface area contributed by atoms with Crippen LogP contribution in [-0.4, -0.2) is 119 Å². The number of halogens is 1. The van der Waals surface area contributed by atoms with Crippen LogP contribution in [-0.2, 0) is 38.1 Å². The summed E-state index contributed by atoms with van der Waals surface area (Å²) in [5.74, 6) is -5.61. The highest BCUT2D eigenvalue weighted by atomic mass is 19.1. The fourth-order valence-corrected chi connectivity index (χ4v) is 9.14. The van der Waals surface area contributed by atoms with Gasteiger partial charge in [0, 0.05) is 62.3 Å². The number of hydrogen-bond donors (Lipinski definition) is 2. The number of esters is 1. The first-order chi connectivity index (χ1) is 28.7. The number of unbranched alkanes of at least 4 members (excludes halogenated alkanes) is 2. The fourth-order valence-electron chi connectivity index (χ4n) is 9.14. The standard InChI is InChI=1S/C46H71FN4O10/c1-13-37-46(14-2,61-44(48)56)34(19-17-16-18-22-51(15-3)27-29(5)33-20-21-38(47)49-26-33)24-36(52)28(4)25-45(9,57-12)41(31(7)39(53)32(8)42(55)59-37)60-43-40(54)35(50(10)11)23-30(6)58-43/h3,20-21,26-28,30-32,34-35,37,40-41,43,54H,13-14,16-19,22-25H2,1-2,4-12H3,(H2,48,56)/b29-27+/t28-,30-,31+,32-,34-,35+,37-,40-,41-,43?,45+,46+/m1/s1. The van der Waals surface area contributed by atoms with Gasteiger partial charge in [-0.1, -0.05) is 47.0 Å². The molecule has 1 aromatic rings. The maximum Gasteiger partial charge on any atom is 0.405 e. The van der Waals surface area contributed by atoms with Gasteiger partial charge in [0.05, 0.1) is 17.8 Å². The van der Waals surface area contributed by atoms with Crippen LogP contribution < -0.4 is 5.73 Å². The van der Waals surface area contributed by atoms with Crippen LogP contribution in [0.2, 0.25) is 0 Å². The van der Waals surface area contributed by atoms with E-state index in [1.807, 2.05) is 32.8 Å². The average molecular weight is 859 g/mol. The fraction of sp³-hybridized carbons (Fsp3) is 0.717. The number of pyridine rings is 1. The van der Waals surface area contributed by atoms with Crippen molar-refractivity contribution in [2.75, 3.05) is 27.7 Å². The van der Waals surface area contributed by atoms with Crippen molar-refractivity contribution in [2.45, 2.75) is 161 Å². The molecular weight excluding hydrogens is 788 g/mol. The molecule has 0 aliphatic carbocycles. The Labute approximate surface area is 362 Å². The number of cyclic esters (lactones) is 1. The number of aliphatic hydroxyl groups is 1. The lowest BCUT2D eigenvalue weighted by Gasteiger charge is -2.47. The maximum atomic E-state index is 14.5. The summed E-state index contributed by atoms with van der Waals surface area (Å²) >= 11 is 0. The molecule has 0 aromatic carbocycles. The number of aliphatic hydroxyl groups excluding tert-OH is 1. The molecule has 0 spiro atoms. The molecule has 14 nitrogen and oxygen atoms in total. The monoisotopic (exact) mass is 859 g/mol. The van der Waals surface area contributed by atoms with Gasteiger partial charge in [-0.15, -0.1) is 0 Å². The van der Waals surface area contributed by atoms with Crippen LogP contribution in [0.1, 0.15) is 119 Å². The summed E-state index contributed by atoms with van der Waals surface area (Å²) in [6.07, 6.45) is 6.75. The van der Waals surface area contributed by atoms with Crippen LogP contribution in [0.5, 0.6) is 0 Å². The summed E-state index contributed by atoms with van der Waals surface area (Å²) in [6.45, 7) is 14.5. The van der Waals surface area contributed by atoms with Gasteiger partial charge in [0.2, 0.25) is 5.95 Å². The van der Waals surface area contributed by atoms with E-state index < -0.39 is 83.3 Å². The van der Waals surface area contributed by atoms with Gasteiger partial charge in [-0.25, -0.2) is 9.78 Å². The number of primary amides is 1. The Kier molecular flexibility index (Phi) is 19.3. The van der Waals surface area contributed by atoms with Crippen LogP contribution >= 0.6 is 0 Å². The van der Waals surface area contributed by atoms with Gasteiger partial charge in [-0.05, 0) is 104 Å². The number of Topliss-reactive ketones (excluding diaryl/α,β-unsaturated/α-hetero) is 2. The number of likely N-dealkylation sites (N-methyl/N-ethyl adjacent to an activating group) is 1. The second-order valence-corrected chi connectivity index (χ2v) is 17.4. The van der Waals surface area contributed by atoms with E-state index in [1.54, 1.807) is 51.8 Å². The Morgan fingerprint density at radius 3 is 2.39 bits per heavy atom. The number of carbonyl (C=O) groups is 4. The Morgan fingerprint density at radius 1 is 1.15 bits per heavy atom. The molecule has 0 bridgehead atoms. The number of amides is 1. The molecule has 15 heteroatoms. The zero-order chi connectivity index (χ0) is 45.8. The maximum absolute atomic E-state index is 14.5. The summed E-state index contributed by atoms with van der Waals surface area (Å²) in [5, 5.41) is 11.4. The first kappa shape index (κ1) is 51.4. The Morgan fingerprint density at radius 2 is 1.84 bits per heavy atom. The summed E-state index contributed by atoms with van der Waals surface area (Å²) < 4.78 is 44.4. The van der Waals surface area contributed by atoms with Gasteiger partial charge >= 0.3 is 12.1 Å². The Bertz CT molecular complexity index is 1700. The van der Waals surface area contributed by atoms with Gasteiger partial charge in [0.25, 0.3) is 0 Å². The summed E-state index contributed by atoms with van der Waals surface area (Å²) in [5.41, 5.74) is 4.50. The van der Waals surface area contributed by atoms with E-state index in [9.17, 15) is 28.7 Å². The highest BCUT2D eigenvalue weighted by Crippen LogP contribution is 2.42. The van der Waals surface area contributed by atoms with Gasteiger partial charge in [-0.3, -0.25) is 14.4 Å². The number of terminal acetylenes is 1. The zero-order valence-corrected chi connectivity index (χ0v) is 38.1. The largest absolute Gasteiger partial charge is 0.458 e. The number of ether oxygens (including phenoxy) is 5. The van der Waals surface area contributed by atoms with E-state index in [2.05, 4.69) is 11.0 Å². The van der Waals surface area contributed by atoms with Crippen molar-refractivity contribution in [2.24, 2.45) is 29.4 Å². The predicted molar refractivity (Wildman–Crippen MR) is 229 cm³/mol. The second-order valence-electron chi connectivity index (χ2n) is 17.4. The molecule has 0 saturated carbocycles. The van der Waals surface area contributed by atoms with Crippen LogP contribution in [0, 0.1) is 42.1 Å². The molecule has 1 aromatic heterocycles. The minimum absolute atomic E-state index is 0.0394. The molecule has 3 rings (SSSR count). The molecule has 3 N–H and O–H groups in total. The molecule has 1 unspecified atom stereocenters. The van der Waals surface area contributed by atoms with E-state index in [0.717, 1.165) is 11.1 Å². The number of carbonyl (C=O) groups excluding carboxylic acids is 4. The van der Waals surface area contributed by atoms with Crippen LogP contribution in [0.4, 0.5) is 9.18 Å². The van der Waals surface area contributed by atoms with E-state index in [0.29, 0.717) is 38.6 Å². The number of rotatable bonds is 15. The van der Waals surface area contributed by atoms with Gasteiger partial charge < -0.3 is 44.3 Å². The van der Waals surface area contributed by atoms with Crippen molar-refractivity contribution in [1.82, 2.24) is 14.8 Å². The number of hydrogen-bond acceptors (Lipinski definition) is 13. The highest BCUT2D eigenvalue weighted by molar-refractivity contribution is 6.00. The van der Waals surface area contributed by atoms with E-state index >= 15 is 0 Å². The normalized spacial score (nSPS) is 33.4. The number of aromatic nitrogens is 1. The number of allylic oxidation sites excluding steroid dienone is 1. The van der Waals surface area contributed by atoms with E-state index in [-0.39, 0.29) is 43.6 Å². The summed E-state index contributed by atoms with van der Waals surface area (Å²) in [4.78, 5) is 63.0. The third-order valence-corrected chi connectivity index (χ3v) is 12.9. The van der Waals surface area contributed by atoms with Gasteiger partial charge in [0.15, 0.2) is 17.7 Å². The predicted octanol–water partition coefficient (Wildman–Crippen LogP) is 6.27. The lowest BCUT2D eigenvalue weighted by molar-refractivity contribution is -0.295. The van der Waals surface area contributed by atoms with Crippen molar-refractivity contribution in [3.8, 4) is 12.5 Å². The lowest BCUT2D eigenvalue weighted by atomic mass is 9.71. The van der Waals surface area contributed by atoms with Crippen LogP contribution in [0.15, 0.2) is 24.5 Å². The molecule has 1 amide bonds. The van der Waals surface area contributed by atoms with Crippen LogP contribution in [0.3, 0.4) is 0 Å². The van der Waals surface area contributed by atoms with E-state index in [1.165, 1.54) is 26.3 Å². The highest BCUT2D eigenvalue weighted by Gasteiger charge is 2.53. The number of nitrogens with zero attached hydrogens (tertiary/aromatic N) is 3. The van der Waals surface area contributed by atoms with Crippen LogP contribution in [0.25, 0.3) is 5.57 Å². The summed E-state index contributed by atoms with van der Waals surface area (Å²) in [6, 6.07) is 5.28. The van der Waals surface area contributed by atoms with E-state index in [4.69, 9.17) is 35.8 Å². The molecule has 342 valence electrons. The first-order valence-electron chi connectivity index (χ1n) is 21.7. The van der Waals surface area contributed by atoms with Gasteiger partial charge in [0.1, 0.15) is 23.9 Å². The van der Waals surface area contributed by atoms with Crippen molar-refractivity contribution in [3.63, 3.8) is 0 Å². The molecule has 2 aliphatic heterocycles. The van der Waals surface area contributed by atoms with Crippen molar-refractivity contribution >= 4 is 29.2 Å².